The van der Waals surface area contributed by atoms with Gasteiger partial charge in [0.15, 0.2) is 5.65 Å². The molecule has 4 heterocycles. The Morgan fingerprint density at radius 1 is 1.12 bits per heavy atom. The van der Waals surface area contributed by atoms with Crippen molar-refractivity contribution in [2.45, 2.75) is 52.7 Å². The number of ether oxygens (including phenoxy) is 2. The van der Waals surface area contributed by atoms with E-state index >= 15 is 0 Å². The summed E-state index contributed by atoms with van der Waals surface area (Å²) in [5.74, 6) is 0.870. The summed E-state index contributed by atoms with van der Waals surface area (Å²) in [5, 5.41) is 4.38. The van der Waals surface area contributed by atoms with Crippen LogP contribution in [0.5, 0.6) is 5.88 Å². The summed E-state index contributed by atoms with van der Waals surface area (Å²) >= 11 is 6.84. The Bertz CT molecular complexity index is 1560. The molecule has 1 atom stereocenters. The van der Waals surface area contributed by atoms with Gasteiger partial charge in [-0.2, -0.15) is 9.97 Å². The van der Waals surface area contributed by atoms with Gasteiger partial charge < -0.3 is 19.7 Å². The van der Waals surface area contributed by atoms with E-state index in [9.17, 15) is 4.79 Å². The fourth-order valence-corrected chi connectivity index (χ4v) is 4.73. The zero-order chi connectivity index (χ0) is 28.4. The van der Waals surface area contributed by atoms with Crippen LogP contribution in [0, 0.1) is 6.92 Å². The van der Waals surface area contributed by atoms with Gasteiger partial charge in [-0.1, -0.05) is 23.7 Å². The zero-order valence-corrected chi connectivity index (χ0v) is 24.0. The van der Waals surface area contributed by atoms with Gasteiger partial charge >= 0.3 is 6.09 Å². The first kappa shape index (κ1) is 27.5. The minimum atomic E-state index is -0.569. The van der Waals surface area contributed by atoms with Gasteiger partial charge in [0.25, 0.3) is 0 Å². The number of amides is 1. The third-order valence-corrected chi connectivity index (χ3v) is 6.57. The maximum atomic E-state index is 12.6. The lowest BCUT2D eigenvalue weighted by Gasteiger charge is -2.24. The maximum Gasteiger partial charge on any atom is 0.410 e. The number of benzene rings is 1. The van der Waals surface area contributed by atoms with Crippen LogP contribution in [0.1, 0.15) is 39.8 Å². The number of hydrogen-bond donors (Lipinski definition) is 1. The smallest absolute Gasteiger partial charge is 0.410 e. The topological polar surface area (TPSA) is 115 Å². The molecule has 11 heteroatoms. The first-order chi connectivity index (χ1) is 19.1. The van der Waals surface area contributed by atoms with E-state index in [2.05, 4.69) is 25.3 Å². The van der Waals surface area contributed by atoms with E-state index in [1.165, 1.54) is 0 Å². The van der Waals surface area contributed by atoms with Crippen LogP contribution in [0.3, 0.4) is 0 Å². The van der Waals surface area contributed by atoms with Crippen LogP contribution in [-0.4, -0.2) is 67.3 Å². The van der Waals surface area contributed by atoms with Crippen molar-refractivity contribution in [3.63, 3.8) is 0 Å². The zero-order valence-electron chi connectivity index (χ0n) is 23.2. The van der Waals surface area contributed by atoms with E-state index in [1.54, 1.807) is 23.5 Å². The summed E-state index contributed by atoms with van der Waals surface area (Å²) in [7, 11) is 0. The summed E-state index contributed by atoms with van der Waals surface area (Å²) < 4.78 is 12.0. The van der Waals surface area contributed by atoms with E-state index in [-0.39, 0.29) is 12.2 Å². The highest BCUT2D eigenvalue weighted by Crippen LogP contribution is 2.38. The summed E-state index contributed by atoms with van der Waals surface area (Å²) in [6, 6.07) is 7.66. The number of anilines is 1. The van der Waals surface area contributed by atoms with E-state index in [1.807, 2.05) is 58.9 Å². The van der Waals surface area contributed by atoms with Gasteiger partial charge in [-0.15, -0.1) is 0 Å². The second-order valence-electron chi connectivity index (χ2n) is 10.7. The summed E-state index contributed by atoms with van der Waals surface area (Å²) in [4.78, 5) is 36.8. The van der Waals surface area contributed by atoms with E-state index in [0.717, 1.165) is 27.9 Å². The normalized spacial score (nSPS) is 15.3. The second-order valence-corrected chi connectivity index (χ2v) is 11.1. The summed E-state index contributed by atoms with van der Waals surface area (Å²) in [6.07, 6.45) is 5.16. The van der Waals surface area contributed by atoms with E-state index in [4.69, 9.17) is 26.1 Å². The Morgan fingerprint density at radius 2 is 1.95 bits per heavy atom. The van der Waals surface area contributed by atoms with Crippen LogP contribution in [0.15, 0.2) is 42.9 Å². The molecule has 0 saturated carbocycles. The molecule has 208 valence electrons. The molecule has 1 fully saturated rings. The van der Waals surface area contributed by atoms with Gasteiger partial charge in [-0.25, -0.2) is 14.8 Å². The number of pyridine rings is 1. The highest BCUT2D eigenvalue weighted by atomic mass is 35.5. The molecule has 1 amide bonds. The molecule has 5 rings (SSSR count). The second kappa shape index (κ2) is 11.2. The van der Waals surface area contributed by atoms with Crippen molar-refractivity contribution >= 4 is 34.7 Å². The van der Waals surface area contributed by atoms with Crippen molar-refractivity contribution in [2.24, 2.45) is 0 Å². The molecular weight excluding hydrogens is 530 g/mol. The number of aromatic nitrogens is 5. The van der Waals surface area contributed by atoms with Gasteiger partial charge in [0.05, 0.1) is 24.1 Å². The van der Waals surface area contributed by atoms with Crippen molar-refractivity contribution in [3.05, 3.63) is 53.6 Å². The molecule has 1 N–H and O–H groups in total. The number of likely N-dealkylation sites (tertiary alicyclic amines) is 1. The van der Waals surface area contributed by atoms with E-state index in [0.29, 0.717) is 54.1 Å². The number of hydrogen-bond acceptors (Lipinski definition) is 9. The third-order valence-electron chi connectivity index (χ3n) is 6.25. The predicted molar refractivity (Wildman–Crippen MR) is 155 cm³/mol. The average molecular weight is 562 g/mol. The molecule has 1 saturated heterocycles. The fourth-order valence-electron chi connectivity index (χ4n) is 4.44. The molecule has 0 spiro atoms. The SMILES string of the molecule is CCNc1ncc2cc(-c3ccc(-c4cncc(C)n4)cc3Cl)c(OC3CCN(C(=O)OC(C)(C)C)C3)nc2n1. The Balaban J connectivity index is 1.50. The maximum absolute atomic E-state index is 12.6. The lowest BCUT2D eigenvalue weighted by Crippen LogP contribution is -2.36. The predicted octanol–water partition coefficient (Wildman–Crippen LogP) is 5.93. The number of nitrogens with zero attached hydrogens (tertiary/aromatic N) is 6. The van der Waals surface area contributed by atoms with Crippen LogP contribution in [-0.2, 0) is 4.74 Å². The molecule has 1 unspecified atom stereocenters. The molecule has 0 aliphatic carbocycles. The van der Waals surface area contributed by atoms with Crippen molar-refractivity contribution in [3.8, 4) is 28.3 Å². The number of aryl methyl sites for hydroxylation is 1. The van der Waals surface area contributed by atoms with Gasteiger partial charge in [0.2, 0.25) is 11.8 Å². The minimum absolute atomic E-state index is 0.271. The van der Waals surface area contributed by atoms with Crippen molar-refractivity contribution in [1.82, 2.24) is 29.8 Å². The molecule has 1 aliphatic heterocycles. The van der Waals surface area contributed by atoms with E-state index < -0.39 is 5.60 Å². The Labute approximate surface area is 238 Å². The van der Waals surface area contributed by atoms with Crippen molar-refractivity contribution < 1.29 is 14.3 Å². The lowest BCUT2D eigenvalue weighted by atomic mass is 10.0. The molecule has 1 aromatic carbocycles. The van der Waals surface area contributed by atoms with Crippen molar-refractivity contribution in [2.75, 3.05) is 25.0 Å². The Morgan fingerprint density at radius 3 is 2.67 bits per heavy atom. The van der Waals surface area contributed by atoms with Gasteiger partial charge in [-0.05, 0) is 46.8 Å². The largest absolute Gasteiger partial charge is 0.472 e. The Hall–Kier alpha value is -4.05. The van der Waals surface area contributed by atoms with Gasteiger partial charge in [0, 0.05) is 59.0 Å². The van der Waals surface area contributed by atoms with Crippen LogP contribution < -0.4 is 10.1 Å². The standard InChI is InChI=1S/C29H32ClN7O3/c1-6-32-27-33-14-19-11-22(21-8-7-18(12-23(21)30)24-15-31-13-17(2)34-24)26(35-25(19)36-27)39-20-9-10-37(16-20)28(38)40-29(3,4)5/h7-8,11-15,20H,6,9-10,16H2,1-5H3,(H,32,33,35,36). The first-order valence-corrected chi connectivity index (χ1v) is 13.6. The number of rotatable bonds is 6. The number of carbonyl (C=O) groups is 1. The highest BCUT2D eigenvalue weighted by Gasteiger charge is 2.32. The molecule has 10 nitrogen and oxygen atoms in total. The molecule has 3 aromatic heterocycles. The molecule has 4 aromatic rings. The van der Waals surface area contributed by atoms with Crippen LogP contribution in [0.25, 0.3) is 33.4 Å². The Kier molecular flexibility index (Phi) is 7.71. The monoisotopic (exact) mass is 561 g/mol. The quantitative estimate of drug-likeness (QED) is 0.306. The number of fused-ring (bicyclic) bond motifs is 1. The third kappa shape index (κ3) is 6.22. The summed E-state index contributed by atoms with van der Waals surface area (Å²) in [5.41, 5.74) is 3.78. The van der Waals surface area contributed by atoms with Gasteiger partial charge in [-0.3, -0.25) is 4.98 Å². The summed E-state index contributed by atoms with van der Waals surface area (Å²) in [6.45, 7) is 11.0. The fraction of sp³-hybridized carbons (Fsp3) is 0.379. The first-order valence-electron chi connectivity index (χ1n) is 13.2. The van der Waals surface area contributed by atoms with Crippen LogP contribution in [0.2, 0.25) is 5.02 Å². The van der Waals surface area contributed by atoms with Crippen LogP contribution in [0.4, 0.5) is 10.7 Å². The molecule has 0 bridgehead atoms. The number of halogens is 1. The number of nitrogens with one attached hydrogen (secondary N) is 1. The van der Waals surface area contributed by atoms with Gasteiger partial charge in [0.1, 0.15) is 11.7 Å². The molecular formula is C29H32ClN7O3. The average Bonchev–Trinajstić information content (AvgIpc) is 3.36. The number of carbonyl (C=O) groups excluding carboxylic acids is 1. The lowest BCUT2D eigenvalue weighted by molar-refractivity contribution is 0.0275. The highest BCUT2D eigenvalue weighted by molar-refractivity contribution is 6.33. The molecule has 0 radical (unpaired) electrons. The molecule has 40 heavy (non-hydrogen) atoms. The van der Waals surface area contributed by atoms with Crippen molar-refractivity contribution in [1.29, 1.82) is 0 Å². The minimum Gasteiger partial charge on any atom is -0.472 e. The van der Waals surface area contributed by atoms with Crippen LogP contribution >= 0.6 is 11.6 Å². The molecule has 1 aliphatic rings.